The average molecular weight is 392 g/mol. The molecule has 0 N–H and O–H groups in total. The van der Waals surface area contributed by atoms with Gasteiger partial charge in [-0.05, 0) is 36.4 Å². The number of anilines is 1. The third-order valence-corrected chi connectivity index (χ3v) is 5.95. The third kappa shape index (κ3) is 4.15. The average Bonchev–Trinajstić information content (AvgIpc) is 3.22. The first-order chi connectivity index (χ1) is 13.7. The molecule has 0 radical (unpaired) electrons. The van der Waals surface area contributed by atoms with Gasteiger partial charge in [-0.25, -0.2) is 4.39 Å². The maximum Gasteiger partial charge on any atom is 0.246 e. The molecule has 0 aliphatic carbocycles. The second-order valence-electron chi connectivity index (χ2n) is 6.66. The molecule has 0 bridgehead atoms. The van der Waals surface area contributed by atoms with E-state index >= 15 is 0 Å². The van der Waals surface area contributed by atoms with Crippen LogP contribution >= 0.6 is 11.3 Å². The largest absolute Gasteiger partial charge is 0.368 e. The first kappa shape index (κ1) is 18.4. The van der Waals surface area contributed by atoms with E-state index in [1.54, 1.807) is 18.2 Å². The molecule has 0 spiro atoms. The minimum absolute atomic E-state index is 0.0218. The van der Waals surface area contributed by atoms with Crippen LogP contribution in [0.4, 0.5) is 10.1 Å². The van der Waals surface area contributed by atoms with E-state index in [0.717, 1.165) is 22.8 Å². The Morgan fingerprint density at radius 2 is 1.61 bits per heavy atom. The molecule has 0 saturated carbocycles. The van der Waals surface area contributed by atoms with Crippen molar-refractivity contribution in [1.82, 2.24) is 4.90 Å². The summed E-state index contributed by atoms with van der Waals surface area (Å²) in [5.41, 5.74) is 1.79. The molecule has 1 amide bonds. The molecular weight excluding hydrogens is 371 g/mol. The van der Waals surface area contributed by atoms with Crippen LogP contribution in [0.25, 0.3) is 16.5 Å². The molecule has 1 saturated heterocycles. The zero-order valence-corrected chi connectivity index (χ0v) is 16.2. The van der Waals surface area contributed by atoms with E-state index in [4.69, 9.17) is 0 Å². The molecule has 1 aliphatic rings. The number of amides is 1. The van der Waals surface area contributed by atoms with Gasteiger partial charge in [-0.3, -0.25) is 4.79 Å². The van der Waals surface area contributed by atoms with Crippen molar-refractivity contribution >= 4 is 29.0 Å². The van der Waals surface area contributed by atoms with Gasteiger partial charge >= 0.3 is 0 Å². The van der Waals surface area contributed by atoms with Crippen LogP contribution in [-0.4, -0.2) is 37.0 Å². The molecule has 0 atom stereocenters. The predicted molar refractivity (Wildman–Crippen MR) is 114 cm³/mol. The number of rotatable bonds is 4. The molecule has 5 heteroatoms. The van der Waals surface area contributed by atoms with Crippen LogP contribution in [0.5, 0.6) is 0 Å². The number of hydrogen-bond acceptors (Lipinski definition) is 3. The smallest absolute Gasteiger partial charge is 0.246 e. The zero-order valence-electron chi connectivity index (χ0n) is 15.4. The number of benzene rings is 2. The number of piperazine rings is 1. The van der Waals surface area contributed by atoms with Crippen molar-refractivity contribution in [2.24, 2.45) is 0 Å². The van der Waals surface area contributed by atoms with Gasteiger partial charge in [0, 0.05) is 53.3 Å². The summed E-state index contributed by atoms with van der Waals surface area (Å²) < 4.78 is 13.9. The molecule has 0 unspecified atom stereocenters. The quantitative estimate of drug-likeness (QED) is 0.589. The second kappa shape index (κ2) is 8.40. The van der Waals surface area contributed by atoms with Gasteiger partial charge in [0.25, 0.3) is 0 Å². The van der Waals surface area contributed by atoms with Crippen molar-refractivity contribution in [3.05, 3.63) is 83.5 Å². The Bertz CT molecular complexity index is 975. The number of thiophene rings is 1. The van der Waals surface area contributed by atoms with Crippen molar-refractivity contribution in [2.45, 2.75) is 0 Å². The molecule has 3 aromatic rings. The third-order valence-electron chi connectivity index (χ3n) is 4.87. The van der Waals surface area contributed by atoms with Crippen LogP contribution in [0.2, 0.25) is 0 Å². The lowest BCUT2D eigenvalue weighted by Crippen LogP contribution is -2.48. The van der Waals surface area contributed by atoms with Gasteiger partial charge in [-0.2, -0.15) is 0 Å². The summed E-state index contributed by atoms with van der Waals surface area (Å²) in [5.74, 6) is -0.208. The summed E-state index contributed by atoms with van der Waals surface area (Å²) >= 11 is 1.48. The molecule has 4 rings (SSSR count). The number of para-hydroxylation sites is 1. The Balaban J connectivity index is 1.36. The van der Waals surface area contributed by atoms with Crippen LogP contribution in [0.15, 0.2) is 72.8 Å². The highest BCUT2D eigenvalue weighted by atomic mass is 32.1. The Morgan fingerprint density at radius 1 is 0.893 bits per heavy atom. The maximum atomic E-state index is 13.9. The minimum Gasteiger partial charge on any atom is -0.368 e. The first-order valence-electron chi connectivity index (χ1n) is 9.32. The molecule has 142 valence electrons. The number of nitrogens with zero attached hydrogens (tertiary/aromatic N) is 2. The van der Waals surface area contributed by atoms with Gasteiger partial charge in [0.15, 0.2) is 0 Å². The van der Waals surface area contributed by atoms with E-state index in [1.165, 1.54) is 23.1 Å². The Labute approximate surface area is 168 Å². The fraction of sp³-hybridized carbons (Fsp3) is 0.174. The second-order valence-corrected chi connectivity index (χ2v) is 7.78. The molecule has 2 aromatic carbocycles. The normalized spacial score (nSPS) is 14.6. The van der Waals surface area contributed by atoms with Crippen LogP contribution in [0, 0.1) is 5.82 Å². The highest BCUT2D eigenvalue weighted by Gasteiger charge is 2.19. The monoisotopic (exact) mass is 392 g/mol. The lowest BCUT2D eigenvalue weighted by molar-refractivity contribution is -0.126. The molecule has 3 nitrogen and oxygen atoms in total. The highest BCUT2D eigenvalue weighted by molar-refractivity contribution is 7.16. The van der Waals surface area contributed by atoms with Crippen molar-refractivity contribution in [1.29, 1.82) is 0 Å². The summed E-state index contributed by atoms with van der Waals surface area (Å²) in [6.45, 7) is 3.09. The van der Waals surface area contributed by atoms with Crippen molar-refractivity contribution < 1.29 is 9.18 Å². The van der Waals surface area contributed by atoms with Gasteiger partial charge in [-0.15, -0.1) is 11.3 Å². The van der Waals surface area contributed by atoms with Crippen LogP contribution in [0.1, 0.15) is 4.88 Å². The van der Waals surface area contributed by atoms with Gasteiger partial charge in [-0.1, -0.05) is 36.4 Å². The number of carbonyl (C=O) groups excluding carboxylic acids is 1. The topological polar surface area (TPSA) is 23.6 Å². The molecule has 1 aliphatic heterocycles. The van der Waals surface area contributed by atoms with Gasteiger partial charge in [0.1, 0.15) is 5.82 Å². The van der Waals surface area contributed by atoms with Crippen molar-refractivity contribution in [3.8, 4) is 10.4 Å². The van der Waals surface area contributed by atoms with E-state index in [1.807, 2.05) is 47.4 Å². The number of carbonyl (C=O) groups is 1. The standard InChI is InChI=1S/C23H21FN2OS/c24-21-9-5-4-8-20(21)22-12-10-19(28-22)11-13-23(27)26-16-14-25(15-17-26)18-6-2-1-3-7-18/h1-13H,14-17H2/b13-11+. The van der Waals surface area contributed by atoms with E-state index in [-0.39, 0.29) is 11.7 Å². The van der Waals surface area contributed by atoms with Gasteiger partial charge in [0.2, 0.25) is 5.91 Å². The van der Waals surface area contributed by atoms with E-state index in [0.29, 0.717) is 18.7 Å². The molecule has 1 aromatic heterocycles. The SMILES string of the molecule is O=C(/C=C/c1ccc(-c2ccccc2F)s1)N1CCN(c2ccccc2)CC1. The van der Waals surface area contributed by atoms with E-state index < -0.39 is 0 Å². The maximum absolute atomic E-state index is 13.9. The predicted octanol–water partition coefficient (Wildman–Crippen LogP) is 4.92. The Hall–Kier alpha value is -2.92. The highest BCUT2D eigenvalue weighted by Crippen LogP contribution is 2.30. The fourth-order valence-electron chi connectivity index (χ4n) is 3.33. The lowest BCUT2D eigenvalue weighted by atomic mass is 10.2. The van der Waals surface area contributed by atoms with Crippen LogP contribution in [-0.2, 0) is 4.79 Å². The van der Waals surface area contributed by atoms with Gasteiger partial charge in [0.05, 0.1) is 0 Å². The summed E-state index contributed by atoms with van der Waals surface area (Å²) in [6.07, 6.45) is 3.44. The fourth-order valence-corrected chi connectivity index (χ4v) is 4.27. The number of hydrogen-bond donors (Lipinski definition) is 0. The van der Waals surface area contributed by atoms with Gasteiger partial charge < -0.3 is 9.80 Å². The van der Waals surface area contributed by atoms with E-state index in [9.17, 15) is 9.18 Å². The zero-order chi connectivity index (χ0) is 19.3. The molecule has 2 heterocycles. The summed E-state index contributed by atoms with van der Waals surface area (Å²) in [4.78, 5) is 18.5. The summed E-state index contributed by atoms with van der Waals surface area (Å²) in [7, 11) is 0. The number of halogens is 1. The summed E-state index contributed by atoms with van der Waals surface area (Å²) in [6, 6.07) is 20.8. The van der Waals surface area contributed by atoms with E-state index in [2.05, 4.69) is 17.0 Å². The summed E-state index contributed by atoms with van der Waals surface area (Å²) in [5, 5.41) is 0. The van der Waals surface area contributed by atoms with Crippen molar-refractivity contribution in [2.75, 3.05) is 31.1 Å². The molecule has 1 fully saturated rings. The molecule has 28 heavy (non-hydrogen) atoms. The Morgan fingerprint density at radius 3 is 2.36 bits per heavy atom. The lowest BCUT2D eigenvalue weighted by Gasteiger charge is -2.35. The van der Waals surface area contributed by atoms with Crippen LogP contribution in [0.3, 0.4) is 0 Å². The van der Waals surface area contributed by atoms with Crippen LogP contribution < -0.4 is 4.90 Å². The minimum atomic E-state index is -0.229. The molecular formula is C23H21FN2OS. The first-order valence-corrected chi connectivity index (χ1v) is 10.1. The Kier molecular flexibility index (Phi) is 5.53. The van der Waals surface area contributed by atoms with Crippen molar-refractivity contribution in [3.63, 3.8) is 0 Å².